The molecular weight excluding hydrogens is 440 g/mol. The predicted molar refractivity (Wildman–Crippen MR) is 117 cm³/mol. The van der Waals surface area contributed by atoms with E-state index in [-0.39, 0.29) is 30.1 Å². The van der Waals surface area contributed by atoms with Crippen LogP contribution in [0.15, 0.2) is 22.7 Å². The zero-order chi connectivity index (χ0) is 20.5. The average molecular weight is 471 g/mol. The molecule has 1 saturated carbocycles. The number of carboxylic acids is 1. The number of aliphatic hydroxyl groups excluding tert-OH is 1. The van der Waals surface area contributed by atoms with E-state index in [1.807, 2.05) is 6.08 Å². The van der Waals surface area contributed by atoms with Crippen LogP contribution in [0.3, 0.4) is 0 Å². The molecule has 1 heterocycles. The Labute approximate surface area is 180 Å². The number of unbranched alkanes of at least 4 members (excludes halogenated alkanes) is 3. The van der Waals surface area contributed by atoms with Gasteiger partial charge in [-0.25, -0.2) is 0 Å². The van der Waals surface area contributed by atoms with E-state index < -0.39 is 5.97 Å². The fourth-order valence-electron chi connectivity index (χ4n) is 3.93. The highest BCUT2D eigenvalue weighted by Crippen LogP contribution is 2.37. The van der Waals surface area contributed by atoms with Crippen molar-refractivity contribution in [3.8, 4) is 0 Å². The van der Waals surface area contributed by atoms with Gasteiger partial charge in [0.15, 0.2) is 5.78 Å². The minimum atomic E-state index is -0.733. The summed E-state index contributed by atoms with van der Waals surface area (Å²) in [4.78, 5) is 25.2. The number of aliphatic carboxylic acids is 1. The number of carbonyl (C=O) groups is 2. The van der Waals surface area contributed by atoms with E-state index in [9.17, 15) is 14.7 Å². The molecule has 3 atom stereocenters. The predicted octanol–water partition coefficient (Wildman–Crippen LogP) is 5.69. The van der Waals surface area contributed by atoms with Gasteiger partial charge in [-0.1, -0.05) is 25.3 Å². The number of carbonyl (C=O) groups excluding carboxylic acids is 1. The molecule has 156 valence electrons. The van der Waals surface area contributed by atoms with Crippen LogP contribution in [0, 0.1) is 18.8 Å². The van der Waals surface area contributed by atoms with Crippen molar-refractivity contribution in [1.29, 1.82) is 0 Å². The molecule has 4 nitrogen and oxygen atoms in total. The van der Waals surface area contributed by atoms with Crippen molar-refractivity contribution in [2.75, 3.05) is 0 Å². The highest BCUT2D eigenvalue weighted by molar-refractivity contribution is 9.10. The molecule has 0 aromatic carbocycles. The van der Waals surface area contributed by atoms with Crippen LogP contribution in [0.1, 0.15) is 67.5 Å². The van der Waals surface area contributed by atoms with Crippen LogP contribution in [-0.2, 0) is 16.0 Å². The Bertz CT molecular complexity index is 663. The minimum absolute atomic E-state index is 0.149. The third kappa shape index (κ3) is 7.80. The van der Waals surface area contributed by atoms with Gasteiger partial charge in [0.05, 0.1) is 6.10 Å². The lowest BCUT2D eigenvalue weighted by Gasteiger charge is -2.19. The maximum atomic E-state index is 12.2. The average Bonchev–Trinajstić information content (AvgIpc) is 3.16. The zero-order valence-electron chi connectivity index (χ0n) is 16.5. The van der Waals surface area contributed by atoms with Gasteiger partial charge in [0.25, 0.3) is 0 Å². The molecule has 0 saturated heterocycles. The summed E-state index contributed by atoms with van der Waals surface area (Å²) in [7, 11) is 0. The van der Waals surface area contributed by atoms with Crippen molar-refractivity contribution < 1.29 is 19.8 Å². The van der Waals surface area contributed by atoms with Gasteiger partial charge in [0.1, 0.15) is 0 Å². The van der Waals surface area contributed by atoms with Crippen molar-refractivity contribution in [1.82, 2.24) is 0 Å². The van der Waals surface area contributed by atoms with E-state index in [1.54, 1.807) is 17.4 Å². The first kappa shape index (κ1) is 23.3. The molecule has 0 aliphatic heterocycles. The van der Waals surface area contributed by atoms with Gasteiger partial charge in [-0.15, -0.1) is 11.3 Å². The Morgan fingerprint density at radius 3 is 2.64 bits per heavy atom. The van der Waals surface area contributed by atoms with Crippen LogP contribution >= 0.6 is 27.3 Å². The van der Waals surface area contributed by atoms with Gasteiger partial charge >= 0.3 is 5.97 Å². The Kier molecular flexibility index (Phi) is 9.89. The molecule has 0 spiro atoms. The monoisotopic (exact) mass is 470 g/mol. The van der Waals surface area contributed by atoms with Gasteiger partial charge in [0, 0.05) is 27.1 Å². The molecular formula is C22H31BrO4S. The van der Waals surface area contributed by atoms with Crippen molar-refractivity contribution in [2.24, 2.45) is 11.8 Å². The van der Waals surface area contributed by atoms with Crippen LogP contribution < -0.4 is 0 Å². The highest BCUT2D eigenvalue weighted by Gasteiger charge is 2.32. The summed E-state index contributed by atoms with van der Waals surface area (Å²) in [6.45, 7) is 2.07. The smallest absolute Gasteiger partial charge is 0.303 e. The Balaban J connectivity index is 1.72. The molecule has 0 radical (unpaired) electrons. The van der Waals surface area contributed by atoms with Gasteiger partial charge in [0.2, 0.25) is 0 Å². The lowest BCUT2D eigenvalue weighted by Crippen LogP contribution is -2.18. The Morgan fingerprint density at radius 2 is 1.96 bits per heavy atom. The van der Waals surface area contributed by atoms with Crippen LogP contribution in [0.25, 0.3) is 0 Å². The molecule has 28 heavy (non-hydrogen) atoms. The second-order valence-corrected chi connectivity index (χ2v) is 9.96. The second-order valence-electron chi connectivity index (χ2n) is 7.76. The molecule has 2 rings (SSSR count). The van der Waals surface area contributed by atoms with Gasteiger partial charge < -0.3 is 10.2 Å². The zero-order valence-corrected chi connectivity index (χ0v) is 18.9. The normalized spacial score (nSPS) is 22.2. The number of hydrogen-bond acceptors (Lipinski definition) is 4. The SMILES string of the molecule is Cc1sc(CCC(=O)C=C[C@H]2CCC(O)[C@@H]2CCCCCCC(=O)O)cc1Br. The number of ketones is 1. The summed E-state index contributed by atoms with van der Waals surface area (Å²) in [5, 5.41) is 18.9. The second kappa shape index (κ2) is 11.9. The third-order valence-electron chi connectivity index (χ3n) is 5.57. The summed E-state index contributed by atoms with van der Waals surface area (Å²) >= 11 is 5.24. The molecule has 0 bridgehead atoms. The number of aliphatic hydroxyl groups is 1. The summed E-state index contributed by atoms with van der Waals surface area (Å²) in [6.07, 6.45) is 11.3. The van der Waals surface area contributed by atoms with Gasteiger partial charge in [-0.05, 0) is 78.9 Å². The quantitative estimate of drug-likeness (QED) is 0.303. The van der Waals surface area contributed by atoms with Crippen molar-refractivity contribution in [3.63, 3.8) is 0 Å². The number of carboxylic acid groups (broad SMARTS) is 1. The van der Waals surface area contributed by atoms with E-state index in [4.69, 9.17) is 5.11 Å². The molecule has 6 heteroatoms. The van der Waals surface area contributed by atoms with Crippen LogP contribution in [0.4, 0.5) is 0 Å². The number of halogens is 1. The van der Waals surface area contributed by atoms with E-state index in [0.717, 1.165) is 55.8 Å². The number of allylic oxidation sites excluding steroid dienone is 2. The highest BCUT2D eigenvalue weighted by atomic mass is 79.9. The molecule has 1 unspecified atom stereocenters. The number of thiophene rings is 1. The van der Waals surface area contributed by atoms with Gasteiger partial charge in [-0.2, -0.15) is 0 Å². The van der Waals surface area contributed by atoms with Gasteiger partial charge in [-0.3, -0.25) is 9.59 Å². The summed E-state index contributed by atoms with van der Waals surface area (Å²) in [6, 6.07) is 2.09. The molecule has 1 aliphatic carbocycles. The Hall–Kier alpha value is -0.980. The molecule has 1 aromatic rings. The first-order valence-electron chi connectivity index (χ1n) is 10.2. The van der Waals surface area contributed by atoms with Crippen LogP contribution in [-0.4, -0.2) is 28.1 Å². The molecule has 1 aliphatic rings. The molecule has 1 fully saturated rings. The van der Waals surface area contributed by atoms with E-state index in [1.165, 1.54) is 9.75 Å². The molecule has 0 amide bonds. The standard InChI is InChI=1S/C22H31BrO4S/c1-15-20(23)14-18(28-15)12-11-17(24)10-8-16-9-13-21(25)19(16)6-4-2-3-5-7-22(26)27/h8,10,14,16,19,21,25H,2-7,9,11-13H2,1H3,(H,26,27)/t16-,19+,21?/m0/s1. The summed E-state index contributed by atoms with van der Waals surface area (Å²) < 4.78 is 1.11. The van der Waals surface area contributed by atoms with Crippen LogP contribution in [0.2, 0.25) is 0 Å². The van der Waals surface area contributed by atoms with Crippen molar-refractivity contribution in [3.05, 3.63) is 32.4 Å². The summed E-state index contributed by atoms with van der Waals surface area (Å²) in [5.41, 5.74) is 0. The van der Waals surface area contributed by atoms with Crippen molar-refractivity contribution in [2.45, 2.75) is 77.2 Å². The third-order valence-corrected chi connectivity index (χ3v) is 7.77. The first-order valence-corrected chi connectivity index (χ1v) is 11.8. The largest absolute Gasteiger partial charge is 0.481 e. The first-order chi connectivity index (χ1) is 13.4. The Morgan fingerprint density at radius 1 is 1.21 bits per heavy atom. The maximum Gasteiger partial charge on any atom is 0.303 e. The van der Waals surface area contributed by atoms with E-state index in [2.05, 4.69) is 28.9 Å². The number of rotatable bonds is 12. The number of aryl methyl sites for hydroxylation is 2. The topological polar surface area (TPSA) is 74.6 Å². The molecule has 1 aromatic heterocycles. The fraction of sp³-hybridized carbons (Fsp3) is 0.636. The van der Waals surface area contributed by atoms with E-state index in [0.29, 0.717) is 6.42 Å². The number of hydrogen-bond donors (Lipinski definition) is 2. The maximum absolute atomic E-state index is 12.2. The molecule has 2 N–H and O–H groups in total. The summed E-state index contributed by atoms with van der Waals surface area (Å²) in [5.74, 6) is -0.0885. The van der Waals surface area contributed by atoms with Crippen LogP contribution in [0.5, 0.6) is 0 Å². The minimum Gasteiger partial charge on any atom is -0.481 e. The fourth-order valence-corrected chi connectivity index (χ4v) is 5.53. The van der Waals surface area contributed by atoms with E-state index >= 15 is 0 Å². The lowest BCUT2D eigenvalue weighted by atomic mass is 9.88. The van der Waals surface area contributed by atoms with Crippen molar-refractivity contribution >= 4 is 39.0 Å². The lowest BCUT2D eigenvalue weighted by molar-refractivity contribution is -0.137.